The van der Waals surface area contributed by atoms with Crippen LogP contribution in [0, 0.1) is 0 Å². The number of quaternary nitrogens is 1. The first-order valence-electron chi connectivity index (χ1n) is 4.36. The van der Waals surface area contributed by atoms with Gasteiger partial charge in [-0.15, -0.1) is 0 Å². The molecule has 1 atom stereocenters. The Kier molecular flexibility index (Phi) is 9.76. The zero-order valence-electron chi connectivity index (χ0n) is 9.24. The molecule has 0 aromatic rings. The minimum Gasteiger partial charge on any atom is -0.550 e. The zero-order valence-corrected chi connectivity index (χ0v) is 9.24. The lowest BCUT2D eigenvalue weighted by molar-refractivity contribution is -0.417. The number of carbonyl (C=O) groups excluding carboxylic acids is 3. The number of rotatable bonds is 4. The molecule has 6 nitrogen and oxygen atoms in total. The van der Waals surface area contributed by atoms with Crippen LogP contribution < -0.4 is 10.8 Å². The van der Waals surface area contributed by atoms with Crippen LogP contribution in [0.25, 0.3) is 0 Å². The highest BCUT2D eigenvalue weighted by atomic mass is 16.5. The van der Waals surface area contributed by atoms with E-state index < -0.39 is 5.97 Å². The van der Waals surface area contributed by atoms with Gasteiger partial charge in [0.15, 0.2) is 0 Å². The minimum absolute atomic E-state index is 0.0499. The maximum absolute atomic E-state index is 10.6. The third-order valence-electron chi connectivity index (χ3n) is 1.26. The number of hydrogen-bond acceptors (Lipinski definition) is 5. The molecule has 0 rings (SSSR count). The summed E-state index contributed by atoms with van der Waals surface area (Å²) < 4.78 is 4.41. The Balaban J connectivity index is 0. The number of methoxy groups -OCH3 is 1. The predicted octanol–water partition coefficient (Wildman–Crippen LogP) is -2.10. The lowest BCUT2D eigenvalue weighted by atomic mass is 10.1. The number of carboxylic acid groups (broad SMARTS) is 1. The molecule has 0 aromatic heterocycles. The molecule has 0 saturated heterocycles. The topological polar surface area (TPSA) is 111 Å². The number of esters is 1. The molecule has 1 unspecified atom stereocenters. The number of hydrogen-bond donors (Lipinski definition) is 1. The van der Waals surface area contributed by atoms with Gasteiger partial charge in [0.05, 0.1) is 20.0 Å². The molecular formula is C9H17NO5. The summed E-state index contributed by atoms with van der Waals surface area (Å²) in [6.45, 7) is 2.45. The van der Waals surface area contributed by atoms with Crippen LogP contribution in [-0.4, -0.2) is 30.9 Å². The average molecular weight is 219 g/mol. The molecule has 0 aliphatic heterocycles. The number of ether oxygens (including phenoxy) is 1. The molecule has 6 heteroatoms. The highest BCUT2D eigenvalue weighted by Gasteiger charge is 2.14. The first-order chi connectivity index (χ1) is 6.79. The fourth-order valence-electron chi connectivity index (χ4n) is 0.798. The number of aliphatic carboxylic acids is 1. The molecule has 0 fully saturated rings. The van der Waals surface area contributed by atoms with Crippen LogP contribution in [0.15, 0.2) is 0 Å². The Bertz CT molecular complexity index is 223. The van der Waals surface area contributed by atoms with Crippen LogP contribution >= 0.6 is 0 Å². The normalized spacial score (nSPS) is 10.7. The molecule has 88 valence electrons. The van der Waals surface area contributed by atoms with E-state index in [1.54, 1.807) is 0 Å². The van der Waals surface area contributed by atoms with E-state index in [4.69, 9.17) is 9.90 Å². The lowest BCUT2D eigenvalue weighted by Gasteiger charge is -2.03. The minimum atomic E-state index is -1.08. The summed E-state index contributed by atoms with van der Waals surface area (Å²) in [4.78, 5) is 30.1. The summed E-state index contributed by atoms with van der Waals surface area (Å²) in [6.07, 6.45) is 0.561. The quantitative estimate of drug-likeness (QED) is 0.544. The van der Waals surface area contributed by atoms with Gasteiger partial charge in [-0.2, -0.15) is 0 Å². The highest BCUT2D eigenvalue weighted by molar-refractivity contribution is 5.77. The van der Waals surface area contributed by atoms with Crippen molar-refractivity contribution in [3.63, 3.8) is 0 Å². The fraction of sp³-hybridized carbons (Fsp3) is 0.667. The Morgan fingerprint density at radius 3 is 1.93 bits per heavy atom. The molecule has 0 radical (unpaired) electrons. The van der Waals surface area contributed by atoms with E-state index in [2.05, 4.69) is 10.5 Å². The number of Topliss-reactive ketones (excluding diaryl/α,β-unsaturated/α-hetero) is 1. The lowest BCUT2D eigenvalue weighted by Crippen LogP contribution is -2.62. The van der Waals surface area contributed by atoms with E-state index in [1.165, 1.54) is 14.0 Å². The Morgan fingerprint density at radius 2 is 1.67 bits per heavy atom. The van der Waals surface area contributed by atoms with Gasteiger partial charge in [-0.1, -0.05) is 0 Å². The second kappa shape index (κ2) is 9.14. The van der Waals surface area contributed by atoms with E-state index in [-0.39, 0.29) is 24.2 Å². The van der Waals surface area contributed by atoms with E-state index in [0.29, 0.717) is 6.42 Å². The second-order valence-electron chi connectivity index (χ2n) is 3.04. The second-order valence-corrected chi connectivity index (χ2v) is 3.04. The summed E-state index contributed by atoms with van der Waals surface area (Å²) in [6, 6.07) is -0.153. The van der Waals surface area contributed by atoms with Crippen molar-refractivity contribution in [2.24, 2.45) is 0 Å². The first-order valence-corrected chi connectivity index (χ1v) is 4.36. The average Bonchev–Trinajstić information content (AvgIpc) is 2.01. The van der Waals surface area contributed by atoms with E-state index in [1.807, 2.05) is 0 Å². The molecule has 0 aliphatic rings. The smallest absolute Gasteiger partial charge is 0.311 e. The van der Waals surface area contributed by atoms with Gasteiger partial charge in [-0.3, -0.25) is 9.59 Å². The molecule has 0 aliphatic carbocycles. The molecule has 3 N–H and O–H groups in total. The molecule has 0 aromatic carbocycles. The Morgan fingerprint density at radius 1 is 1.27 bits per heavy atom. The van der Waals surface area contributed by atoms with E-state index >= 15 is 0 Å². The van der Waals surface area contributed by atoms with Gasteiger partial charge >= 0.3 is 5.97 Å². The van der Waals surface area contributed by atoms with Crippen molar-refractivity contribution in [2.75, 3.05) is 7.11 Å². The Hall–Kier alpha value is -1.43. The van der Waals surface area contributed by atoms with Gasteiger partial charge in [0, 0.05) is 5.97 Å². The third kappa shape index (κ3) is 19.1. The first kappa shape index (κ1) is 16.0. The van der Waals surface area contributed by atoms with Gasteiger partial charge in [0.1, 0.15) is 11.8 Å². The number of ketones is 1. The van der Waals surface area contributed by atoms with Crippen molar-refractivity contribution in [3.8, 4) is 0 Å². The van der Waals surface area contributed by atoms with Crippen LogP contribution in [0.2, 0.25) is 0 Å². The van der Waals surface area contributed by atoms with Crippen molar-refractivity contribution in [2.45, 2.75) is 32.7 Å². The molecule has 0 amide bonds. The predicted molar refractivity (Wildman–Crippen MR) is 49.3 cm³/mol. The van der Waals surface area contributed by atoms with Gasteiger partial charge in [-0.25, -0.2) is 0 Å². The van der Waals surface area contributed by atoms with Crippen LogP contribution in [0.3, 0.4) is 0 Å². The molecule has 0 saturated carbocycles. The van der Waals surface area contributed by atoms with Crippen LogP contribution in [0.1, 0.15) is 26.7 Å². The van der Waals surface area contributed by atoms with E-state index in [0.717, 1.165) is 6.92 Å². The summed E-state index contributed by atoms with van der Waals surface area (Å²) in [7, 11) is 1.32. The van der Waals surface area contributed by atoms with Crippen LogP contribution in [0.5, 0.6) is 0 Å². The summed E-state index contributed by atoms with van der Waals surface area (Å²) in [5, 5.41) is 8.89. The standard InChI is InChI=1S/C7H13NO3.C2H4O2/c1-5(9)3-6(8)4-7(10)11-2;1-2(3)4/h6H,3-4,8H2,1-2H3;1H3,(H,3,4). The molecular weight excluding hydrogens is 202 g/mol. The molecule has 0 heterocycles. The van der Waals surface area contributed by atoms with Crippen molar-refractivity contribution >= 4 is 17.7 Å². The van der Waals surface area contributed by atoms with E-state index in [9.17, 15) is 9.59 Å². The van der Waals surface area contributed by atoms with Gasteiger partial charge in [-0.05, 0) is 13.8 Å². The highest BCUT2D eigenvalue weighted by Crippen LogP contribution is 1.94. The summed E-state index contributed by atoms with van der Waals surface area (Å²) >= 11 is 0. The van der Waals surface area contributed by atoms with Crippen molar-refractivity contribution in [1.82, 2.24) is 0 Å². The van der Waals surface area contributed by atoms with Crippen LogP contribution in [-0.2, 0) is 19.1 Å². The summed E-state index contributed by atoms with van der Waals surface area (Å²) in [5.41, 5.74) is 3.64. The van der Waals surface area contributed by atoms with Crippen molar-refractivity contribution < 1.29 is 30.0 Å². The zero-order chi connectivity index (χ0) is 12.4. The SMILES string of the molecule is CC(=O)[O-].COC(=O)CC([NH3+])CC(C)=O. The van der Waals surface area contributed by atoms with Gasteiger partial charge in [0.2, 0.25) is 0 Å². The maximum Gasteiger partial charge on any atom is 0.311 e. The summed E-state index contributed by atoms with van der Waals surface area (Å²) in [5.74, 6) is -1.35. The van der Waals surface area contributed by atoms with Crippen molar-refractivity contribution in [1.29, 1.82) is 0 Å². The largest absolute Gasteiger partial charge is 0.550 e. The number of carbonyl (C=O) groups is 3. The van der Waals surface area contributed by atoms with Crippen LogP contribution in [0.4, 0.5) is 0 Å². The monoisotopic (exact) mass is 219 g/mol. The molecule has 0 bridgehead atoms. The fourth-order valence-corrected chi connectivity index (χ4v) is 0.798. The van der Waals surface area contributed by atoms with Crippen molar-refractivity contribution in [3.05, 3.63) is 0 Å². The van der Waals surface area contributed by atoms with Gasteiger partial charge < -0.3 is 20.4 Å². The third-order valence-corrected chi connectivity index (χ3v) is 1.26. The maximum atomic E-state index is 10.6. The van der Waals surface area contributed by atoms with Gasteiger partial charge in [0.25, 0.3) is 0 Å². The number of carboxylic acids is 1. The molecule has 15 heavy (non-hydrogen) atoms. The molecule has 0 spiro atoms. The Labute approximate surface area is 88.4 Å².